The van der Waals surface area contributed by atoms with Gasteiger partial charge in [-0.15, -0.1) is 0 Å². The maximum atomic E-state index is 9.75. The number of rotatable bonds is 4. The second-order valence-electron chi connectivity index (χ2n) is 5.63. The molecule has 17 heavy (non-hydrogen) atoms. The summed E-state index contributed by atoms with van der Waals surface area (Å²) in [6.07, 6.45) is 8.86. The number of hydrogen-bond acceptors (Lipinski definition) is 4. The number of aliphatic hydroxyl groups excluding tert-OH is 1. The zero-order valence-corrected chi connectivity index (χ0v) is 10.5. The van der Waals surface area contributed by atoms with Crippen molar-refractivity contribution in [1.82, 2.24) is 5.32 Å². The Hall–Kier alpha value is -0.160. The summed E-state index contributed by atoms with van der Waals surface area (Å²) in [5, 5.41) is 22.0. The Morgan fingerprint density at radius 2 is 1.82 bits per heavy atom. The van der Waals surface area contributed by atoms with Gasteiger partial charge in [0, 0.05) is 18.0 Å². The van der Waals surface area contributed by atoms with Crippen molar-refractivity contribution in [3.63, 3.8) is 0 Å². The highest BCUT2D eigenvalue weighted by atomic mass is 17.1. The van der Waals surface area contributed by atoms with Gasteiger partial charge in [-0.05, 0) is 32.1 Å². The van der Waals surface area contributed by atoms with Crippen LogP contribution in [0.1, 0.15) is 51.4 Å². The van der Waals surface area contributed by atoms with Crippen LogP contribution in [0.15, 0.2) is 0 Å². The minimum Gasteiger partial charge on any atom is -0.393 e. The normalized spacial score (nSPS) is 36.0. The summed E-state index contributed by atoms with van der Waals surface area (Å²) in [4.78, 5) is 4.31. The predicted molar refractivity (Wildman–Crippen MR) is 65.7 cm³/mol. The SMILES string of the molecule is OOCC1CCC(O)CC1NC1CCCCC1. The first kappa shape index (κ1) is 13.3. The van der Waals surface area contributed by atoms with Crippen molar-refractivity contribution in [2.24, 2.45) is 5.92 Å². The van der Waals surface area contributed by atoms with Crippen molar-refractivity contribution < 1.29 is 15.3 Å². The first-order valence-electron chi connectivity index (χ1n) is 7.00. The second kappa shape index (κ2) is 6.69. The molecule has 0 amide bonds. The summed E-state index contributed by atoms with van der Waals surface area (Å²) in [7, 11) is 0. The fourth-order valence-corrected chi connectivity index (χ4v) is 3.28. The highest BCUT2D eigenvalue weighted by molar-refractivity contribution is 4.87. The van der Waals surface area contributed by atoms with E-state index in [1.54, 1.807) is 0 Å². The van der Waals surface area contributed by atoms with Crippen molar-refractivity contribution in [2.45, 2.75) is 69.6 Å². The number of aliphatic hydroxyl groups is 1. The summed E-state index contributed by atoms with van der Waals surface area (Å²) < 4.78 is 0. The van der Waals surface area contributed by atoms with E-state index in [0.29, 0.717) is 24.6 Å². The molecule has 2 fully saturated rings. The summed E-state index contributed by atoms with van der Waals surface area (Å²) in [5.41, 5.74) is 0. The molecule has 0 aromatic rings. The molecule has 2 saturated carbocycles. The molecule has 3 unspecified atom stereocenters. The second-order valence-corrected chi connectivity index (χ2v) is 5.63. The van der Waals surface area contributed by atoms with Crippen LogP contribution in [0.5, 0.6) is 0 Å². The van der Waals surface area contributed by atoms with Gasteiger partial charge in [0.15, 0.2) is 0 Å². The maximum absolute atomic E-state index is 9.75. The molecule has 3 N–H and O–H groups in total. The van der Waals surface area contributed by atoms with Crippen LogP contribution < -0.4 is 5.32 Å². The van der Waals surface area contributed by atoms with Crippen molar-refractivity contribution in [3.05, 3.63) is 0 Å². The minimum atomic E-state index is -0.189. The highest BCUT2D eigenvalue weighted by Crippen LogP contribution is 2.27. The van der Waals surface area contributed by atoms with E-state index >= 15 is 0 Å². The van der Waals surface area contributed by atoms with Crippen LogP contribution in [0.3, 0.4) is 0 Å². The molecule has 4 heteroatoms. The molecule has 2 rings (SSSR count). The Bertz CT molecular complexity index is 219. The Morgan fingerprint density at radius 1 is 1.06 bits per heavy atom. The van der Waals surface area contributed by atoms with E-state index in [0.717, 1.165) is 19.3 Å². The van der Waals surface area contributed by atoms with E-state index in [-0.39, 0.29) is 6.10 Å². The average Bonchev–Trinajstić information content (AvgIpc) is 2.34. The van der Waals surface area contributed by atoms with E-state index in [9.17, 15) is 5.11 Å². The smallest absolute Gasteiger partial charge is 0.0862 e. The van der Waals surface area contributed by atoms with Crippen molar-refractivity contribution in [1.29, 1.82) is 0 Å². The van der Waals surface area contributed by atoms with E-state index in [2.05, 4.69) is 10.2 Å². The maximum Gasteiger partial charge on any atom is 0.0862 e. The fourth-order valence-electron chi connectivity index (χ4n) is 3.28. The van der Waals surface area contributed by atoms with E-state index in [1.165, 1.54) is 32.1 Å². The van der Waals surface area contributed by atoms with Gasteiger partial charge in [-0.2, -0.15) is 0 Å². The molecule has 0 aliphatic heterocycles. The molecule has 0 saturated heterocycles. The van der Waals surface area contributed by atoms with E-state index < -0.39 is 0 Å². The number of nitrogens with one attached hydrogen (secondary N) is 1. The van der Waals surface area contributed by atoms with Gasteiger partial charge in [0.05, 0.1) is 12.7 Å². The van der Waals surface area contributed by atoms with Crippen LogP contribution in [0, 0.1) is 5.92 Å². The summed E-state index contributed by atoms with van der Waals surface area (Å²) in [5.74, 6) is 0.338. The fraction of sp³-hybridized carbons (Fsp3) is 1.00. The van der Waals surface area contributed by atoms with Crippen LogP contribution in [0.25, 0.3) is 0 Å². The van der Waals surface area contributed by atoms with Gasteiger partial charge in [0.25, 0.3) is 0 Å². The van der Waals surface area contributed by atoms with Gasteiger partial charge in [-0.3, -0.25) is 5.26 Å². The van der Waals surface area contributed by atoms with Crippen LogP contribution in [-0.4, -0.2) is 35.2 Å². The molecule has 4 nitrogen and oxygen atoms in total. The van der Waals surface area contributed by atoms with Crippen LogP contribution >= 0.6 is 0 Å². The lowest BCUT2D eigenvalue weighted by molar-refractivity contribution is -0.254. The number of hydrogen-bond donors (Lipinski definition) is 3. The highest BCUT2D eigenvalue weighted by Gasteiger charge is 2.31. The molecule has 0 bridgehead atoms. The summed E-state index contributed by atoms with van der Waals surface area (Å²) in [6.45, 7) is 0.386. The Labute approximate surface area is 103 Å². The van der Waals surface area contributed by atoms with Crippen LogP contribution in [0.4, 0.5) is 0 Å². The standard InChI is InChI=1S/C13H25NO3/c15-12-7-6-10(9-17-16)13(8-12)14-11-4-2-1-3-5-11/h10-16H,1-9H2. The first-order valence-corrected chi connectivity index (χ1v) is 7.00. The van der Waals surface area contributed by atoms with E-state index in [1.807, 2.05) is 0 Å². The van der Waals surface area contributed by atoms with Gasteiger partial charge in [-0.1, -0.05) is 19.3 Å². The molecule has 0 spiro atoms. The largest absolute Gasteiger partial charge is 0.393 e. The van der Waals surface area contributed by atoms with Crippen LogP contribution in [0.2, 0.25) is 0 Å². The minimum absolute atomic E-state index is 0.189. The lowest BCUT2D eigenvalue weighted by atomic mass is 9.82. The van der Waals surface area contributed by atoms with E-state index in [4.69, 9.17) is 5.26 Å². The zero-order chi connectivity index (χ0) is 12.1. The molecule has 0 radical (unpaired) electrons. The molecule has 2 aliphatic rings. The third-order valence-corrected chi connectivity index (χ3v) is 4.31. The third kappa shape index (κ3) is 3.91. The molecule has 0 heterocycles. The molecular weight excluding hydrogens is 218 g/mol. The average molecular weight is 243 g/mol. The Kier molecular flexibility index (Phi) is 5.22. The predicted octanol–water partition coefficient (Wildman–Crippen LogP) is 1.93. The first-order chi connectivity index (χ1) is 8.29. The molecule has 3 atom stereocenters. The third-order valence-electron chi connectivity index (χ3n) is 4.31. The van der Waals surface area contributed by atoms with Gasteiger partial charge >= 0.3 is 0 Å². The van der Waals surface area contributed by atoms with Gasteiger partial charge < -0.3 is 10.4 Å². The van der Waals surface area contributed by atoms with Crippen LogP contribution in [-0.2, 0) is 4.89 Å². The quantitative estimate of drug-likeness (QED) is 0.521. The summed E-state index contributed by atoms with van der Waals surface area (Å²) in [6, 6.07) is 0.897. The molecule has 0 aromatic heterocycles. The van der Waals surface area contributed by atoms with Gasteiger partial charge in [0.1, 0.15) is 0 Å². The van der Waals surface area contributed by atoms with Gasteiger partial charge in [0.2, 0.25) is 0 Å². The van der Waals surface area contributed by atoms with Crippen molar-refractivity contribution >= 4 is 0 Å². The lowest BCUT2D eigenvalue weighted by Crippen LogP contribution is -2.49. The Balaban J connectivity index is 1.85. The summed E-state index contributed by atoms with van der Waals surface area (Å²) >= 11 is 0. The van der Waals surface area contributed by atoms with Gasteiger partial charge in [-0.25, -0.2) is 4.89 Å². The van der Waals surface area contributed by atoms with Crippen molar-refractivity contribution in [3.8, 4) is 0 Å². The Morgan fingerprint density at radius 3 is 2.53 bits per heavy atom. The monoisotopic (exact) mass is 243 g/mol. The molecule has 0 aromatic carbocycles. The lowest BCUT2D eigenvalue weighted by Gasteiger charge is -2.37. The van der Waals surface area contributed by atoms with Crippen molar-refractivity contribution in [2.75, 3.05) is 6.61 Å². The zero-order valence-electron chi connectivity index (χ0n) is 10.5. The molecule has 2 aliphatic carbocycles. The topological polar surface area (TPSA) is 61.7 Å². The molecule has 100 valence electrons. The molecular formula is C13H25NO3.